The molecule has 2 heterocycles. The van der Waals surface area contributed by atoms with Gasteiger partial charge in [-0.15, -0.1) is 0 Å². The number of hydrogen-bond donors (Lipinski definition) is 2. The van der Waals surface area contributed by atoms with Gasteiger partial charge >= 0.3 is 0 Å². The second kappa shape index (κ2) is 5.80. The highest BCUT2D eigenvalue weighted by molar-refractivity contribution is 5.76. The van der Waals surface area contributed by atoms with E-state index < -0.39 is 0 Å². The lowest BCUT2D eigenvalue weighted by Gasteiger charge is -2.08. The Morgan fingerprint density at radius 3 is 2.86 bits per heavy atom. The highest BCUT2D eigenvalue weighted by Crippen LogP contribution is 2.29. The van der Waals surface area contributed by atoms with Gasteiger partial charge in [-0.05, 0) is 24.3 Å². The maximum Gasteiger partial charge on any atom is 0.157 e. The molecule has 0 aliphatic heterocycles. The van der Waals surface area contributed by atoms with Crippen molar-refractivity contribution in [2.75, 3.05) is 25.6 Å². The van der Waals surface area contributed by atoms with Crippen molar-refractivity contribution in [3.63, 3.8) is 0 Å². The summed E-state index contributed by atoms with van der Waals surface area (Å²) in [5, 5.41) is 12.8. The Labute approximate surface area is 122 Å². The largest absolute Gasteiger partial charge is 0.508 e. The van der Waals surface area contributed by atoms with Gasteiger partial charge in [0.05, 0.1) is 12.8 Å². The van der Waals surface area contributed by atoms with Crippen LogP contribution in [0.5, 0.6) is 5.75 Å². The zero-order valence-corrected chi connectivity index (χ0v) is 11.7. The van der Waals surface area contributed by atoms with Gasteiger partial charge in [-0.25, -0.2) is 4.98 Å². The number of aromatic nitrogens is 3. The molecule has 3 rings (SSSR count). The van der Waals surface area contributed by atoms with Crippen molar-refractivity contribution in [1.82, 2.24) is 14.4 Å². The third-order valence-electron chi connectivity index (χ3n) is 3.17. The van der Waals surface area contributed by atoms with Crippen LogP contribution in [0.2, 0.25) is 0 Å². The van der Waals surface area contributed by atoms with Crippen LogP contribution in [-0.4, -0.2) is 39.7 Å². The monoisotopic (exact) mass is 284 g/mol. The SMILES string of the molecule is COCCNc1c(-c2ccc(O)cc2)nc2cnccn12. The van der Waals surface area contributed by atoms with E-state index in [0.29, 0.717) is 13.2 Å². The molecular weight excluding hydrogens is 268 g/mol. The van der Waals surface area contributed by atoms with Gasteiger partial charge in [0.15, 0.2) is 5.65 Å². The molecule has 2 N–H and O–H groups in total. The number of ether oxygens (including phenoxy) is 1. The molecule has 0 radical (unpaired) electrons. The zero-order valence-electron chi connectivity index (χ0n) is 11.7. The Hall–Kier alpha value is -2.60. The van der Waals surface area contributed by atoms with Crippen LogP contribution in [-0.2, 0) is 4.74 Å². The van der Waals surface area contributed by atoms with E-state index in [1.807, 2.05) is 22.7 Å². The summed E-state index contributed by atoms with van der Waals surface area (Å²) in [4.78, 5) is 8.70. The minimum Gasteiger partial charge on any atom is -0.508 e. The predicted molar refractivity (Wildman–Crippen MR) is 80.5 cm³/mol. The van der Waals surface area contributed by atoms with Crippen LogP contribution in [0.3, 0.4) is 0 Å². The average molecular weight is 284 g/mol. The number of aromatic hydroxyl groups is 1. The van der Waals surface area contributed by atoms with Crippen LogP contribution < -0.4 is 5.32 Å². The maximum absolute atomic E-state index is 9.42. The lowest BCUT2D eigenvalue weighted by molar-refractivity contribution is 0.210. The van der Waals surface area contributed by atoms with Crippen LogP contribution in [0.25, 0.3) is 16.9 Å². The second-order valence-corrected chi connectivity index (χ2v) is 4.58. The number of imidazole rings is 1. The minimum atomic E-state index is 0.234. The molecule has 21 heavy (non-hydrogen) atoms. The fourth-order valence-electron chi connectivity index (χ4n) is 2.17. The summed E-state index contributed by atoms with van der Waals surface area (Å²) in [6, 6.07) is 6.98. The number of fused-ring (bicyclic) bond motifs is 1. The molecule has 0 amide bonds. The molecule has 2 aromatic heterocycles. The smallest absolute Gasteiger partial charge is 0.157 e. The van der Waals surface area contributed by atoms with E-state index in [9.17, 15) is 5.11 Å². The molecule has 0 unspecified atom stereocenters. The third kappa shape index (κ3) is 2.66. The standard InChI is InChI=1S/C15H16N4O2/c1-21-9-7-17-15-14(11-2-4-12(20)5-3-11)18-13-10-16-6-8-19(13)15/h2-6,8,10,17,20H,7,9H2,1H3. The lowest BCUT2D eigenvalue weighted by atomic mass is 10.1. The zero-order chi connectivity index (χ0) is 14.7. The van der Waals surface area contributed by atoms with Crippen molar-refractivity contribution in [3.05, 3.63) is 42.9 Å². The molecule has 0 aliphatic carbocycles. The third-order valence-corrected chi connectivity index (χ3v) is 3.17. The molecule has 0 bridgehead atoms. The summed E-state index contributed by atoms with van der Waals surface area (Å²) in [6.07, 6.45) is 5.30. The molecule has 6 nitrogen and oxygen atoms in total. The number of nitrogens with one attached hydrogen (secondary N) is 1. The number of benzene rings is 1. The van der Waals surface area contributed by atoms with Crippen LogP contribution in [0.15, 0.2) is 42.9 Å². The number of anilines is 1. The average Bonchev–Trinajstić information content (AvgIpc) is 2.87. The van der Waals surface area contributed by atoms with Crippen molar-refractivity contribution in [3.8, 4) is 17.0 Å². The first kappa shape index (κ1) is 13.4. The van der Waals surface area contributed by atoms with Crippen LogP contribution in [0, 0.1) is 0 Å². The molecule has 0 fully saturated rings. The molecule has 0 atom stereocenters. The van der Waals surface area contributed by atoms with E-state index in [4.69, 9.17) is 4.74 Å². The summed E-state index contributed by atoms with van der Waals surface area (Å²) >= 11 is 0. The predicted octanol–water partition coefficient (Wildman–Crippen LogP) is 2.16. The van der Waals surface area contributed by atoms with Gasteiger partial charge < -0.3 is 15.2 Å². The number of phenolic OH excluding ortho intramolecular Hbond substituents is 1. The van der Waals surface area contributed by atoms with Gasteiger partial charge in [-0.1, -0.05) is 0 Å². The summed E-state index contributed by atoms with van der Waals surface area (Å²) in [5.41, 5.74) is 2.51. The van der Waals surface area contributed by atoms with E-state index >= 15 is 0 Å². The summed E-state index contributed by atoms with van der Waals surface area (Å²) in [7, 11) is 1.67. The van der Waals surface area contributed by atoms with Crippen LogP contribution in [0.4, 0.5) is 5.82 Å². The summed E-state index contributed by atoms with van der Waals surface area (Å²) in [5.74, 6) is 1.12. The highest BCUT2D eigenvalue weighted by Gasteiger charge is 2.13. The van der Waals surface area contributed by atoms with Gasteiger partial charge in [0.1, 0.15) is 17.3 Å². The number of rotatable bonds is 5. The van der Waals surface area contributed by atoms with Crippen molar-refractivity contribution < 1.29 is 9.84 Å². The lowest BCUT2D eigenvalue weighted by Crippen LogP contribution is -2.10. The number of hydrogen-bond acceptors (Lipinski definition) is 5. The van der Waals surface area contributed by atoms with Gasteiger partial charge in [-0.2, -0.15) is 0 Å². The van der Waals surface area contributed by atoms with Crippen molar-refractivity contribution in [2.45, 2.75) is 0 Å². The van der Waals surface area contributed by atoms with Crippen molar-refractivity contribution >= 4 is 11.5 Å². The quantitative estimate of drug-likeness (QED) is 0.702. The highest BCUT2D eigenvalue weighted by atomic mass is 16.5. The molecule has 3 aromatic rings. The molecule has 1 aromatic carbocycles. The molecule has 0 aliphatic rings. The van der Waals surface area contributed by atoms with Crippen LogP contribution in [0.1, 0.15) is 0 Å². The van der Waals surface area contributed by atoms with E-state index in [2.05, 4.69) is 15.3 Å². The molecule has 0 spiro atoms. The Kier molecular flexibility index (Phi) is 3.70. The molecule has 108 valence electrons. The topological polar surface area (TPSA) is 71.7 Å². The second-order valence-electron chi connectivity index (χ2n) is 4.58. The fourth-order valence-corrected chi connectivity index (χ4v) is 2.17. The summed E-state index contributed by atoms with van der Waals surface area (Å²) < 4.78 is 7.03. The fraction of sp³-hybridized carbons (Fsp3) is 0.200. The van der Waals surface area contributed by atoms with E-state index in [1.54, 1.807) is 31.6 Å². The molecule has 0 saturated carbocycles. The molecule has 6 heteroatoms. The van der Waals surface area contributed by atoms with Crippen molar-refractivity contribution in [1.29, 1.82) is 0 Å². The Morgan fingerprint density at radius 1 is 1.29 bits per heavy atom. The normalized spacial score (nSPS) is 10.9. The number of nitrogens with zero attached hydrogens (tertiary/aromatic N) is 3. The van der Waals surface area contributed by atoms with Gasteiger partial charge in [0.25, 0.3) is 0 Å². The maximum atomic E-state index is 9.42. The van der Waals surface area contributed by atoms with E-state index in [1.165, 1.54) is 0 Å². The Bertz CT molecular complexity index is 737. The first-order valence-corrected chi connectivity index (χ1v) is 6.64. The minimum absolute atomic E-state index is 0.234. The van der Waals surface area contributed by atoms with Crippen molar-refractivity contribution in [2.24, 2.45) is 0 Å². The summed E-state index contributed by atoms with van der Waals surface area (Å²) in [6.45, 7) is 1.28. The first-order chi connectivity index (χ1) is 10.3. The first-order valence-electron chi connectivity index (χ1n) is 6.64. The number of methoxy groups -OCH3 is 1. The number of phenols is 1. The van der Waals surface area contributed by atoms with E-state index in [-0.39, 0.29) is 5.75 Å². The van der Waals surface area contributed by atoms with E-state index in [0.717, 1.165) is 22.7 Å². The van der Waals surface area contributed by atoms with Crippen LogP contribution >= 0.6 is 0 Å². The van der Waals surface area contributed by atoms with Gasteiger partial charge in [0.2, 0.25) is 0 Å². The van der Waals surface area contributed by atoms with Gasteiger partial charge in [-0.3, -0.25) is 9.38 Å². The van der Waals surface area contributed by atoms with Gasteiger partial charge in [0, 0.05) is 31.6 Å². The Morgan fingerprint density at radius 2 is 2.10 bits per heavy atom. The molecular formula is C15H16N4O2. The Balaban J connectivity index is 2.07. The molecule has 0 saturated heterocycles.